The van der Waals surface area contributed by atoms with E-state index in [4.69, 9.17) is 9.15 Å². The number of nitrogens with one attached hydrogen (secondary N) is 1. The summed E-state index contributed by atoms with van der Waals surface area (Å²) < 4.78 is 39.1. The summed E-state index contributed by atoms with van der Waals surface area (Å²) in [7, 11) is -3.68. The summed E-state index contributed by atoms with van der Waals surface area (Å²) >= 11 is 0. The van der Waals surface area contributed by atoms with E-state index in [1.54, 1.807) is 6.07 Å². The highest BCUT2D eigenvalue weighted by Gasteiger charge is 2.32. The van der Waals surface area contributed by atoms with Crippen molar-refractivity contribution in [1.82, 2.24) is 9.29 Å². The molecule has 5 rings (SSSR count). The van der Waals surface area contributed by atoms with Gasteiger partial charge in [-0.2, -0.15) is 4.31 Å². The zero-order chi connectivity index (χ0) is 24.6. The molecule has 1 aromatic heterocycles. The highest BCUT2D eigenvalue weighted by Crippen LogP contribution is 2.30. The number of hydrogen-bond donors (Lipinski definition) is 1. The quantitative estimate of drug-likeness (QED) is 0.440. The third-order valence-corrected chi connectivity index (χ3v) is 7.69. The van der Waals surface area contributed by atoms with Crippen LogP contribution in [0.25, 0.3) is 22.6 Å². The van der Waals surface area contributed by atoms with Crippen LogP contribution in [0, 0.1) is 0 Å². The molecule has 2 atom stereocenters. The van der Waals surface area contributed by atoms with Crippen molar-refractivity contribution in [2.24, 2.45) is 0 Å². The highest BCUT2D eigenvalue weighted by atomic mass is 32.2. The number of morpholine rings is 1. The number of oxazole rings is 1. The predicted octanol–water partition coefficient (Wildman–Crippen LogP) is 4.55. The third-order valence-electron chi connectivity index (χ3n) is 5.84. The number of carbonyl (C=O) groups excluding carboxylic acids is 1. The van der Waals surface area contributed by atoms with Crippen LogP contribution in [0.5, 0.6) is 0 Å². The van der Waals surface area contributed by atoms with Gasteiger partial charge in [-0.3, -0.25) is 4.79 Å². The van der Waals surface area contributed by atoms with Crippen LogP contribution in [-0.4, -0.2) is 48.9 Å². The molecular weight excluding hydrogens is 466 g/mol. The number of benzene rings is 3. The molecule has 2 heterocycles. The van der Waals surface area contributed by atoms with Gasteiger partial charge in [0.25, 0.3) is 5.91 Å². The lowest BCUT2D eigenvalue weighted by Crippen LogP contribution is -2.48. The molecule has 1 aliphatic rings. The Balaban J connectivity index is 1.36. The van der Waals surface area contributed by atoms with Crippen molar-refractivity contribution in [3.8, 4) is 11.5 Å². The van der Waals surface area contributed by atoms with Crippen molar-refractivity contribution in [3.05, 3.63) is 78.4 Å². The van der Waals surface area contributed by atoms with Gasteiger partial charge < -0.3 is 14.5 Å². The molecule has 0 bridgehead atoms. The fraction of sp³-hybridized carbons (Fsp3) is 0.231. The Labute approximate surface area is 203 Å². The van der Waals surface area contributed by atoms with E-state index < -0.39 is 10.0 Å². The number of para-hydroxylation sites is 3. The van der Waals surface area contributed by atoms with Crippen LogP contribution in [-0.2, 0) is 14.8 Å². The van der Waals surface area contributed by atoms with E-state index in [0.29, 0.717) is 41.4 Å². The van der Waals surface area contributed by atoms with Crippen LogP contribution in [0.1, 0.15) is 24.2 Å². The molecule has 1 saturated heterocycles. The fourth-order valence-corrected chi connectivity index (χ4v) is 5.81. The summed E-state index contributed by atoms with van der Waals surface area (Å²) in [5.41, 5.74) is 2.90. The first-order valence-electron chi connectivity index (χ1n) is 11.3. The van der Waals surface area contributed by atoms with E-state index in [1.807, 2.05) is 56.3 Å². The standard InChI is InChI=1S/C26H25N3O5S/c1-17-15-29(16-18(2)33-17)35(31,32)20-13-11-19(12-14-20)25(30)27-22-8-4-3-7-21(22)26-28-23-9-5-6-10-24(23)34-26/h3-14,17-18H,15-16H2,1-2H3,(H,27,30). The summed E-state index contributed by atoms with van der Waals surface area (Å²) in [6, 6.07) is 20.6. The lowest BCUT2D eigenvalue weighted by Gasteiger charge is -2.34. The Morgan fingerprint density at radius 3 is 2.31 bits per heavy atom. The Morgan fingerprint density at radius 1 is 0.943 bits per heavy atom. The van der Waals surface area contributed by atoms with Crippen LogP contribution >= 0.6 is 0 Å². The zero-order valence-electron chi connectivity index (χ0n) is 19.3. The van der Waals surface area contributed by atoms with Gasteiger partial charge in [-0.15, -0.1) is 0 Å². The van der Waals surface area contributed by atoms with E-state index in [9.17, 15) is 13.2 Å². The van der Waals surface area contributed by atoms with Crippen LogP contribution in [0.3, 0.4) is 0 Å². The number of ether oxygens (including phenoxy) is 1. The van der Waals surface area contributed by atoms with Gasteiger partial charge in [-0.1, -0.05) is 24.3 Å². The van der Waals surface area contributed by atoms with Crippen molar-refractivity contribution in [2.45, 2.75) is 31.0 Å². The fourth-order valence-electron chi connectivity index (χ4n) is 4.21. The number of anilines is 1. The van der Waals surface area contributed by atoms with Gasteiger partial charge >= 0.3 is 0 Å². The van der Waals surface area contributed by atoms with Crippen molar-refractivity contribution in [2.75, 3.05) is 18.4 Å². The zero-order valence-corrected chi connectivity index (χ0v) is 20.2. The topological polar surface area (TPSA) is 102 Å². The lowest BCUT2D eigenvalue weighted by molar-refractivity contribution is -0.0440. The van der Waals surface area contributed by atoms with Gasteiger partial charge in [-0.05, 0) is 62.4 Å². The summed E-state index contributed by atoms with van der Waals surface area (Å²) in [6.45, 7) is 4.29. The minimum Gasteiger partial charge on any atom is -0.436 e. The first-order chi connectivity index (χ1) is 16.8. The molecule has 2 unspecified atom stereocenters. The van der Waals surface area contributed by atoms with Crippen LogP contribution < -0.4 is 5.32 Å². The summed E-state index contributed by atoms with van der Waals surface area (Å²) in [4.78, 5) is 17.6. The number of nitrogens with zero attached hydrogens (tertiary/aromatic N) is 2. The third kappa shape index (κ3) is 4.70. The van der Waals surface area contributed by atoms with Gasteiger partial charge in [0, 0.05) is 18.7 Å². The van der Waals surface area contributed by atoms with E-state index >= 15 is 0 Å². The monoisotopic (exact) mass is 491 g/mol. The second-order valence-corrected chi connectivity index (χ2v) is 10.5. The number of amides is 1. The molecule has 1 amide bonds. The van der Waals surface area contributed by atoms with Crippen LogP contribution in [0.4, 0.5) is 5.69 Å². The maximum atomic E-state index is 13.1. The first-order valence-corrected chi connectivity index (χ1v) is 12.8. The van der Waals surface area contributed by atoms with Gasteiger partial charge in [-0.25, -0.2) is 13.4 Å². The molecule has 0 spiro atoms. The summed E-state index contributed by atoms with van der Waals surface area (Å²) in [5, 5.41) is 2.89. The molecule has 1 N–H and O–H groups in total. The molecule has 180 valence electrons. The minimum atomic E-state index is -3.68. The van der Waals surface area contributed by atoms with E-state index in [0.717, 1.165) is 5.52 Å². The van der Waals surface area contributed by atoms with Gasteiger partial charge in [0.1, 0.15) is 5.52 Å². The normalized spacial score (nSPS) is 19.0. The van der Waals surface area contributed by atoms with Crippen LogP contribution in [0.2, 0.25) is 0 Å². The SMILES string of the molecule is CC1CN(S(=O)(=O)c2ccc(C(=O)Nc3ccccc3-c3nc4ccccc4o3)cc2)CC(C)O1. The molecule has 1 fully saturated rings. The van der Waals surface area contributed by atoms with E-state index in [-0.39, 0.29) is 23.0 Å². The summed E-state index contributed by atoms with van der Waals surface area (Å²) in [5.74, 6) is 0.0311. The molecule has 0 radical (unpaired) electrons. The molecule has 0 aliphatic carbocycles. The Morgan fingerprint density at radius 2 is 1.60 bits per heavy atom. The van der Waals surface area contributed by atoms with Crippen LogP contribution in [0.15, 0.2) is 82.1 Å². The van der Waals surface area contributed by atoms with Gasteiger partial charge in [0.15, 0.2) is 5.58 Å². The highest BCUT2D eigenvalue weighted by molar-refractivity contribution is 7.89. The van der Waals surface area contributed by atoms with Crippen molar-refractivity contribution < 1.29 is 22.4 Å². The van der Waals surface area contributed by atoms with Gasteiger partial charge in [0.2, 0.25) is 15.9 Å². The van der Waals surface area contributed by atoms with Crippen molar-refractivity contribution in [1.29, 1.82) is 0 Å². The number of sulfonamides is 1. The minimum absolute atomic E-state index is 0.141. The first kappa shape index (κ1) is 23.2. The number of rotatable bonds is 5. The Bertz CT molecular complexity index is 1440. The number of aromatic nitrogens is 1. The van der Waals surface area contributed by atoms with E-state index in [2.05, 4.69) is 10.3 Å². The molecule has 0 saturated carbocycles. The molecule has 8 nitrogen and oxygen atoms in total. The van der Waals surface area contributed by atoms with Crippen molar-refractivity contribution >= 4 is 32.7 Å². The molecule has 9 heteroatoms. The molecule has 4 aromatic rings. The average Bonchev–Trinajstić information content (AvgIpc) is 3.28. The number of hydrogen-bond acceptors (Lipinski definition) is 6. The van der Waals surface area contributed by atoms with Gasteiger partial charge in [0.05, 0.1) is 28.4 Å². The summed E-state index contributed by atoms with van der Waals surface area (Å²) in [6.07, 6.45) is -0.361. The molecule has 35 heavy (non-hydrogen) atoms. The largest absolute Gasteiger partial charge is 0.436 e. The lowest BCUT2D eigenvalue weighted by atomic mass is 10.1. The number of carbonyl (C=O) groups is 1. The maximum Gasteiger partial charge on any atom is 0.255 e. The second kappa shape index (κ2) is 9.26. The predicted molar refractivity (Wildman–Crippen MR) is 133 cm³/mol. The molecular formula is C26H25N3O5S. The Kier molecular flexibility index (Phi) is 6.14. The van der Waals surface area contributed by atoms with E-state index in [1.165, 1.54) is 28.6 Å². The molecule has 1 aliphatic heterocycles. The smallest absolute Gasteiger partial charge is 0.255 e. The Hall–Kier alpha value is -3.53. The number of fused-ring (bicyclic) bond motifs is 1. The molecule has 3 aromatic carbocycles. The maximum absolute atomic E-state index is 13.1. The van der Waals surface area contributed by atoms with Crippen molar-refractivity contribution in [3.63, 3.8) is 0 Å². The second-order valence-electron chi connectivity index (χ2n) is 8.59. The average molecular weight is 492 g/mol.